The molecule has 3 aromatic heterocycles. The minimum absolute atomic E-state index is 0.556. The van der Waals surface area contributed by atoms with Gasteiger partial charge in [0.15, 0.2) is 0 Å². The number of benzene rings is 5. The SMILES string of the molecule is c1cncc(-c2cc(-c3cccnc3)cc(-c3ccc4c(c3)COCc3ccc(-n5c6ccccc6c6ccccc65)cc3-4)c2)c1. The minimum atomic E-state index is 0.556. The fourth-order valence-electron chi connectivity index (χ4n) is 6.90. The molecule has 4 nitrogen and oxygen atoms in total. The van der Waals surface area contributed by atoms with Crippen LogP contribution in [0.2, 0.25) is 0 Å². The summed E-state index contributed by atoms with van der Waals surface area (Å²) < 4.78 is 8.66. The van der Waals surface area contributed by atoms with Crippen LogP contribution in [-0.4, -0.2) is 14.5 Å². The van der Waals surface area contributed by atoms with E-state index in [4.69, 9.17) is 4.74 Å². The number of fused-ring (bicyclic) bond motifs is 6. The molecule has 0 fully saturated rings. The van der Waals surface area contributed by atoms with E-state index < -0.39 is 0 Å². The summed E-state index contributed by atoms with van der Waals surface area (Å²) in [6.07, 6.45) is 7.46. The number of hydrogen-bond donors (Lipinski definition) is 0. The Morgan fingerprint density at radius 3 is 1.70 bits per heavy atom. The van der Waals surface area contributed by atoms with Crippen molar-refractivity contribution >= 4 is 21.8 Å². The summed E-state index contributed by atoms with van der Waals surface area (Å²) in [6.45, 7) is 1.13. The van der Waals surface area contributed by atoms with E-state index in [2.05, 4.69) is 130 Å². The summed E-state index contributed by atoms with van der Waals surface area (Å²) in [7, 11) is 0. The number of pyridine rings is 2. The van der Waals surface area contributed by atoms with Gasteiger partial charge in [0.25, 0.3) is 0 Å². The van der Waals surface area contributed by atoms with Gasteiger partial charge in [-0.25, -0.2) is 0 Å². The Hall–Kier alpha value is -5.84. The summed E-state index contributed by atoms with van der Waals surface area (Å²) in [6, 6.07) is 45.8. The van der Waals surface area contributed by atoms with E-state index >= 15 is 0 Å². The van der Waals surface area contributed by atoms with Crippen molar-refractivity contribution in [3.05, 3.63) is 163 Å². The quantitative estimate of drug-likeness (QED) is 0.204. The van der Waals surface area contributed by atoms with Crippen molar-refractivity contribution in [2.24, 2.45) is 0 Å². The standard InChI is InChI=1S/C42H29N3O/c1-3-11-41-38(9-1)39-10-2-4-12-42(39)45(41)36-15-13-31-26-46-27-35-19-28(14-16-37(35)40(31)23-36)32-20-33(29-7-5-17-43-24-29)22-34(21-32)30-8-6-18-44-25-30/h1-25H,26-27H2. The maximum absolute atomic E-state index is 6.27. The zero-order valence-electron chi connectivity index (χ0n) is 25.1. The Morgan fingerprint density at radius 2 is 1.07 bits per heavy atom. The van der Waals surface area contributed by atoms with Gasteiger partial charge in [-0.3, -0.25) is 9.97 Å². The van der Waals surface area contributed by atoms with E-state index in [1.807, 2.05) is 36.9 Å². The van der Waals surface area contributed by atoms with E-state index in [9.17, 15) is 0 Å². The smallest absolute Gasteiger partial charge is 0.0727 e. The number of nitrogens with zero attached hydrogens (tertiary/aromatic N) is 3. The lowest BCUT2D eigenvalue weighted by Crippen LogP contribution is -1.97. The zero-order chi connectivity index (χ0) is 30.5. The number of rotatable bonds is 4. The maximum atomic E-state index is 6.27. The van der Waals surface area contributed by atoms with Gasteiger partial charge in [-0.2, -0.15) is 0 Å². The van der Waals surface area contributed by atoms with Crippen molar-refractivity contribution in [2.45, 2.75) is 13.2 Å². The lowest BCUT2D eigenvalue weighted by Gasteiger charge is -2.15. The fourth-order valence-corrected chi connectivity index (χ4v) is 6.90. The van der Waals surface area contributed by atoms with Crippen LogP contribution in [0.5, 0.6) is 0 Å². The van der Waals surface area contributed by atoms with E-state index in [1.165, 1.54) is 44.1 Å². The summed E-state index contributed by atoms with van der Waals surface area (Å²) in [5.41, 5.74) is 15.1. The monoisotopic (exact) mass is 591 g/mol. The molecule has 4 heteroatoms. The highest BCUT2D eigenvalue weighted by Crippen LogP contribution is 2.39. The van der Waals surface area contributed by atoms with Crippen LogP contribution in [0, 0.1) is 0 Å². The van der Waals surface area contributed by atoms with Crippen LogP contribution in [0.25, 0.3) is 72.0 Å². The summed E-state index contributed by atoms with van der Waals surface area (Å²) >= 11 is 0. The zero-order valence-corrected chi connectivity index (χ0v) is 25.1. The molecule has 0 saturated heterocycles. The predicted molar refractivity (Wildman–Crippen MR) is 187 cm³/mol. The Kier molecular flexibility index (Phi) is 6.32. The van der Waals surface area contributed by atoms with Crippen LogP contribution >= 0.6 is 0 Å². The van der Waals surface area contributed by atoms with Gasteiger partial charge >= 0.3 is 0 Å². The first-order chi connectivity index (χ1) is 22.8. The summed E-state index contributed by atoms with van der Waals surface area (Å²) in [5, 5.41) is 2.53. The number of ether oxygens (including phenoxy) is 1. The Morgan fingerprint density at radius 1 is 0.457 bits per heavy atom. The summed E-state index contributed by atoms with van der Waals surface area (Å²) in [5.74, 6) is 0. The van der Waals surface area contributed by atoms with Crippen LogP contribution in [-0.2, 0) is 18.0 Å². The highest BCUT2D eigenvalue weighted by molar-refractivity contribution is 6.09. The molecular formula is C42H29N3O. The topological polar surface area (TPSA) is 39.9 Å². The van der Waals surface area contributed by atoms with Crippen molar-refractivity contribution in [3.8, 4) is 50.2 Å². The Bertz CT molecular complexity index is 2280. The van der Waals surface area contributed by atoms with Crippen molar-refractivity contribution in [1.29, 1.82) is 0 Å². The predicted octanol–water partition coefficient (Wildman–Crippen LogP) is 10.3. The molecule has 0 spiro atoms. The number of aromatic nitrogens is 3. The highest BCUT2D eigenvalue weighted by atomic mass is 16.5. The second-order valence-corrected chi connectivity index (χ2v) is 11.9. The van der Waals surface area contributed by atoms with Gasteiger partial charge in [0.05, 0.1) is 24.2 Å². The number of para-hydroxylation sites is 2. The van der Waals surface area contributed by atoms with Gasteiger partial charge in [-0.1, -0.05) is 66.7 Å². The van der Waals surface area contributed by atoms with Crippen LogP contribution in [0.15, 0.2) is 152 Å². The normalized spacial score (nSPS) is 12.5. The molecule has 46 heavy (non-hydrogen) atoms. The third kappa shape index (κ3) is 4.50. The van der Waals surface area contributed by atoms with Gasteiger partial charge < -0.3 is 9.30 Å². The van der Waals surface area contributed by atoms with Crippen molar-refractivity contribution in [2.75, 3.05) is 0 Å². The van der Waals surface area contributed by atoms with Crippen LogP contribution in [0.4, 0.5) is 0 Å². The van der Waals surface area contributed by atoms with Crippen molar-refractivity contribution in [1.82, 2.24) is 14.5 Å². The lowest BCUT2D eigenvalue weighted by atomic mass is 9.90. The molecule has 9 rings (SSSR count). The van der Waals surface area contributed by atoms with Crippen molar-refractivity contribution in [3.63, 3.8) is 0 Å². The first kappa shape index (κ1) is 26.6. The van der Waals surface area contributed by atoms with E-state index in [-0.39, 0.29) is 0 Å². The molecule has 0 N–H and O–H groups in total. The first-order valence-electron chi connectivity index (χ1n) is 15.6. The Balaban J connectivity index is 1.18. The average Bonchev–Trinajstić information content (AvgIpc) is 3.35. The molecule has 218 valence electrons. The average molecular weight is 592 g/mol. The molecule has 0 amide bonds. The second-order valence-electron chi connectivity index (χ2n) is 11.9. The third-order valence-electron chi connectivity index (χ3n) is 9.10. The van der Waals surface area contributed by atoms with Gasteiger partial charge in [0.2, 0.25) is 0 Å². The molecule has 8 aromatic rings. The molecule has 0 unspecified atom stereocenters. The molecular weight excluding hydrogens is 562 g/mol. The van der Waals surface area contributed by atoms with E-state index in [0.717, 1.165) is 39.1 Å². The minimum Gasteiger partial charge on any atom is -0.372 e. The first-order valence-corrected chi connectivity index (χ1v) is 15.6. The number of hydrogen-bond acceptors (Lipinski definition) is 3. The van der Waals surface area contributed by atoms with Gasteiger partial charge in [-0.05, 0) is 105 Å². The van der Waals surface area contributed by atoms with Gasteiger partial charge in [-0.15, -0.1) is 0 Å². The molecule has 0 saturated carbocycles. The van der Waals surface area contributed by atoms with Gasteiger partial charge in [0, 0.05) is 52.4 Å². The molecule has 0 atom stereocenters. The summed E-state index contributed by atoms with van der Waals surface area (Å²) in [4.78, 5) is 8.77. The molecule has 4 heterocycles. The highest BCUT2D eigenvalue weighted by Gasteiger charge is 2.19. The van der Waals surface area contributed by atoms with Crippen LogP contribution in [0.3, 0.4) is 0 Å². The Labute approximate surface area is 267 Å². The molecule has 0 radical (unpaired) electrons. The van der Waals surface area contributed by atoms with Crippen LogP contribution < -0.4 is 0 Å². The molecule has 1 aliphatic heterocycles. The maximum Gasteiger partial charge on any atom is 0.0727 e. The lowest BCUT2D eigenvalue weighted by molar-refractivity contribution is 0.110. The van der Waals surface area contributed by atoms with Crippen LogP contribution in [0.1, 0.15) is 11.1 Å². The third-order valence-corrected chi connectivity index (χ3v) is 9.10. The van der Waals surface area contributed by atoms with Gasteiger partial charge in [0.1, 0.15) is 0 Å². The van der Waals surface area contributed by atoms with E-state index in [0.29, 0.717) is 13.2 Å². The largest absolute Gasteiger partial charge is 0.372 e. The molecule has 5 aromatic carbocycles. The fraction of sp³-hybridized carbons (Fsp3) is 0.0476. The molecule has 0 aliphatic carbocycles. The molecule has 1 aliphatic rings. The van der Waals surface area contributed by atoms with E-state index in [1.54, 1.807) is 0 Å². The molecule has 0 bridgehead atoms. The second kappa shape index (κ2) is 11.0. The van der Waals surface area contributed by atoms with Crippen molar-refractivity contribution < 1.29 is 4.74 Å².